The fraction of sp³-hybridized carbons (Fsp3) is 1.00. The van der Waals surface area contributed by atoms with Gasteiger partial charge < -0.3 is 20.1 Å². The van der Waals surface area contributed by atoms with Crippen LogP contribution in [0.2, 0.25) is 0 Å². The molecule has 4 nitrogen and oxygen atoms in total. The Hall–Kier alpha value is -0.160. The second-order valence-corrected chi connectivity index (χ2v) is 1.68. The highest BCUT2D eigenvalue weighted by Gasteiger charge is 2.02. The van der Waals surface area contributed by atoms with Gasteiger partial charge in [-0.3, -0.25) is 0 Å². The molecular formula is C5H12O4. The summed E-state index contributed by atoms with van der Waals surface area (Å²) in [6.45, 7) is 1.49. The number of aliphatic hydroxyl groups excluding tert-OH is 2. The maximum atomic E-state index is 8.66. The number of aliphatic hydroxyl groups is 3. The standard InChI is InChI=1S/C5H12O4/c1-2-5(8)9-3-4(6)7/h4-8H,2-3H2,1H3. The van der Waals surface area contributed by atoms with Crippen molar-refractivity contribution in [2.75, 3.05) is 6.61 Å². The molecule has 1 atom stereocenters. The summed E-state index contributed by atoms with van der Waals surface area (Å²) in [6, 6.07) is 0. The molecule has 0 rings (SSSR count). The van der Waals surface area contributed by atoms with Crippen molar-refractivity contribution in [1.29, 1.82) is 0 Å². The third kappa shape index (κ3) is 5.72. The Morgan fingerprint density at radius 2 is 1.89 bits per heavy atom. The lowest BCUT2D eigenvalue weighted by Crippen LogP contribution is -2.20. The van der Waals surface area contributed by atoms with Gasteiger partial charge in [-0.05, 0) is 6.42 Å². The van der Waals surface area contributed by atoms with E-state index in [-0.39, 0.29) is 6.61 Å². The molecule has 0 fully saturated rings. The second-order valence-electron chi connectivity index (χ2n) is 1.68. The van der Waals surface area contributed by atoms with E-state index in [9.17, 15) is 0 Å². The van der Waals surface area contributed by atoms with Crippen LogP contribution in [0.4, 0.5) is 0 Å². The van der Waals surface area contributed by atoms with Gasteiger partial charge in [0.15, 0.2) is 12.6 Å². The fourth-order valence-corrected chi connectivity index (χ4v) is 0.315. The maximum absolute atomic E-state index is 8.66. The van der Waals surface area contributed by atoms with Crippen LogP contribution in [0.15, 0.2) is 0 Å². The van der Waals surface area contributed by atoms with Crippen molar-refractivity contribution in [3.05, 3.63) is 0 Å². The molecule has 9 heavy (non-hydrogen) atoms. The lowest BCUT2D eigenvalue weighted by Gasteiger charge is -2.09. The summed E-state index contributed by atoms with van der Waals surface area (Å²) in [5.41, 5.74) is 0. The van der Waals surface area contributed by atoms with Gasteiger partial charge in [0, 0.05) is 0 Å². The van der Waals surface area contributed by atoms with Gasteiger partial charge >= 0.3 is 0 Å². The van der Waals surface area contributed by atoms with Crippen LogP contribution in [0.5, 0.6) is 0 Å². The van der Waals surface area contributed by atoms with Crippen molar-refractivity contribution in [2.45, 2.75) is 25.9 Å². The van der Waals surface area contributed by atoms with Gasteiger partial charge in [-0.2, -0.15) is 0 Å². The van der Waals surface area contributed by atoms with E-state index in [4.69, 9.17) is 15.3 Å². The largest absolute Gasteiger partial charge is 0.368 e. The van der Waals surface area contributed by atoms with Crippen molar-refractivity contribution in [2.24, 2.45) is 0 Å². The summed E-state index contributed by atoms with van der Waals surface area (Å²) < 4.78 is 4.51. The summed E-state index contributed by atoms with van der Waals surface area (Å²) in [4.78, 5) is 0. The van der Waals surface area contributed by atoms with Crippen LogP contribution in [0, 0.1) is 0 Å². The molecule has 0 spiro atoms. The van der Waals surface area contributed by atoms with Crippen LogP contribution < -0.4 is 0 Å². The Labute approximate surface area is 53.7 Å². The molecule has 0 aromatic rings. The zero-order valence-corrected chi connectivity index (χ0v) is 5.32. The van der Waals surface area contributed by atoms with Crippen molar-refractivity contribution in [3.8, 4) is 0 Å². The maximum Gasteiger partial charge on any atom is 0.175 e. The number of rotatable bonds is 4. The summed E-state index contributed by atoms with van der Waals surface area (Å²) in [7, 11) is 0. The first-order valence-corrected chi connectivity index (χ1v) is 2.82. The highest BCUT2D eigenvalue weighted by Crippen LogP contribution is 1.92. The van der Waals surface area contributed by atoms with E-state index >= 15 is 0 Å². The molecule has 0 saturated heterocycles. The van der Waals surface area contributed by atoms with Gasteiger partial charge in [-0.25, -0.2) is 0 Å². The van der Waals surface area contributed by atoms with Crippen LogP contribution in [-0.2, 0) is 4.74 Å². The van der Waals surface area contributed by atoms with Crippen molar-refractivity contribution >= 4 is 0 Å². The van der Waals surface area contributed by atoms with Gasteiger partial charge in [-0.1, -0.05) is 6.92 Å². The topological polar surface area (TPSA) is 69.9 Å². The van der Waals surface area contributed by atoms with Gasteiger partial charge in [0.2, 0.25) is 0 Å². The van der Waals surface area contributed by atoms with Crippen LogP contribution in [0.25, 0.3) is 0 Å². The molecule has 3 N–H and O–H groups in total. The average molecular weight is 136 g/mol. The molecule has 4 heteroatoms. The highest BCUT2D eigenvalue weighted by atomic mass is 16.6. The zero-order chi connectivity index (χ0) is 7.28. The Morgan fingerprint density at radius 3 is 2.22 bits per heavy atom. The van der Waals surface area contributed by atoms with Gasteiger partial charge in [0.05, 0.1) is 0 Å². The predicted octanol–water partition coefficient (Wildman–Crippen LogP) is -0.958. The molecule has 0 amide bonds. The summed E-state index contributed by atoms with van der Waals surface area (Å²) in [6.07, 6.45) is -1.93. The number of hydrogen-bond acceptors (Lipinski definition) is 4. The van der Waals surface area contributed by atoms with E-state index < -0.39 is 12.6 Å². The smallest absolute Gasteiger partial charge is 0.175 e. The molecular weight excluding hydrogens is 124 g/mol. The normalized spacial score (nSPS) is 14.3. The van der Waals surface area contributed by atoms with E-state index in [0.717, 1.165) is 0 Å². The minimum atomic E-state index is -1.49. The first-order chi connectivity index (χ1) is 4.16. The van der Waals surface area contributed by atoms with Gasteiger partial charge in [0.1, 0.15) is 6.61 Å². The monoisotopic (exact) mass is 136 g/mol. The van der Waals surface area contributed by atoms with E-state index in [1.165, 1.54) is 0 Å². The Balaban J connectivity index is 3.06. The lowest BCUT2D eigenvalue weighted by atomic mass is 10.5. The molecule has 56 valence electrons. The quantitative estimate of drug-likeness (QED) is 0.435. The average Bonchev–Trinajstić information content (AvgIpc) is 1.83. The second kappa shape index (κ2) is 4.69. The fourth-order valence-electron chi connectivity index (χ4n) is 0.315. The van der Waals surface area contributed by atoms with Crippen molar-refractivity contribution in [1.82, 2.24) is 0 Å². The molecule has 0 aliphatic heterocycles. The Kier molecular flexibility index (Phi) is 4.61. The van der Waals surface area contributed by atoms with Crippen molar-refractivity contribution in [3.63, 3.8) is 0 Å². The third-order valence-electron chi connectivity index (χ3n) is 0.787. The SMILES string of the molecule is CCC(O)OCC(O)O. The molecule has 0 radical (unpaired) electrons. The van der Waals surface area contributed by atoms with Gasteiger partial charge in [0.25, 0.3) is 0 Å². The molecule has 0 bridgehead atoms. The molecule has 0 saturated carbocycles. The molecule has 0 aliphatic rings. The van der Waals surface area contributed by atoms with Gasteiger partial charge in [-0.15, -0.1) is 0 Å². The Morgan fingerprint density at radius 1 is 1.33 bits per heavy atom. The van der Waals surface area contributed by atoms with E-state index in [2.05, 4.69) is 4.74 Å². The van der Waals surface area contributed by atoms with E-state index in [1.54, 1.807) is 6.92 Å². The van der Waals surface area contributed by atoms with Crippen LogP contribution in [0.3, 0.4) is 0 Å². The van der Waals surface area contributed by atoms with Crippen molar-refractivity contribution < 1.29 is 20.1 Å². The Bertz CT molecular complexity index is 64.0. The lowest BCUT2D eigenvalue weighted by molar-refractivity contribution is -0.165. The predicted molar refractivity (Wildman–Crippen MR) is 30.5 cm³/mol. The van der Waals surface area contributed by atoms with Crippen LogP contribution in [-0.4, -0.2) is 34.5 Å². The van der Waals surface area contributed by atoms with Crippen LogP contribution in [0.1, 0.15) is 13.3 Å². The number of ether oxygens (including phenoxy) is 1. The summed E-state index contributed by atoms with van der Waals surface area (Å²) in [5.74, 6) is 0. The molecule has 0 heterocycles. The molecule has 0 aromatic carbocycles. The van der Waals surface area contributed by atoms with E-state index in [0.29, 0.717) is 6.42 Å². The minimum absolute atomic E-state index is 0.241. The third-order valence-corrected chi connectivity index (χ3v) is 0.787. The summed E-state index contributed by atoms with van der Waals surface area (Å²) in [5, 5.41) is 25.1. The number of hydrogen-bond donors (Lipinski definition) is 3. The molecule has 0 aromatic heterocycles. The highest BCUT2D eigenvalue weighted by molar-refractivity contribution is 4.36. The van der Waals surface area contributed by atoms with Crippen LogP contribution >= 0.6 is 0 Å². The first kappa shape index (κ1) is 8.84. The molecule has 1 unspecified atom stereocenters. The summed E-state index contributed by atoms with van der Waals surface area (Å²) >= 11 is 0. The minimum Gasteiger partial charge on any atom is -0.368 e. The molecule has 0 aliphatic carbocycles. The zero-order valence-electron chi connectivity index (χ0n) is 5.32. The van der Waals surface area contributed by atoms with E-state index in [1.807, 2.05) is 0 Å². The first-order valence-electron chi connectivity index (χ1n) is 2.82.